The Morgan fingerprint density at radius 1 is 1.75 bits per heavy atom. The summed E-state index contributed by atoms with van der Waals surface area (Å²) in [6, 6.07) is 0. The van der Waals surface area contributed by atoms with Gasteiger partial charge in [0.05, 0.1) is 0 Å². The van der Waals surface area contributed by atoms with Crippen molar-refractivity contribution >= 4 is 24.8 Å². The van der Waals surface area contributed by atoms with Crippen LogP contribution in [0.1, 0.15) is 13.3 Å². The third-order valence-electron chi connectivity index (χ3n) is 0.729. The summed E-state index contributed by atoms with van der Waals surface area (Å²) in [5.74, 6) is -0.900. The van der Waals surface area contributed by atoms with Gasteiger partial charge in [0.1, 0.15) is 0 Å². The molecule has 0 saturated heterocycles. The Bertz CT molecular complexity index is 98.6. The second-order valence-corrected chi connectivity index (χ2v) is 1.26. The van der Waals surface area contributed by atoms with Gasteiger partial charge < -0.3 is 5.11 Å². The van der Waals surface area contributed by atoms with Crippen molar-refractivity contribution in [1.29, 1.82) is 0 Å². The van der Waals surface area contributed by atoms with Gasteiger partial charge in [-0.3, -0.25) is 0 Å². The van der Waals surface area contributed by atoms with Crippen LogP contribution >= 0.6 is 0 Å². The number of carboxylic acids is 1. The predicted octanol–water partition coefficient (Wildman–Crippen LogP) is 0.389. The van der Waals surface area contributed by atoms with Crippen LogP contribution in [0.4, 0.5) is 0 Å². The van der Waals surface area contributed by atoms with E-state index in [2.05, 4.69) is 6.58 Å². The Balaban J connectivity index is 0. The van der Waals surface area contributed by atoms with Gasteiger partial charge in [0, 0.05) is 5.57 Å². The predicted molar refractivity (Wildman–Crippen MR) is 34.2 cm³/mol. The van der Waals surface area contributed by atoms with Crippen molar-refractivity contribution < 1.29 is 9.90 Å². The van der Waals surface area contributed by atoms with E-state index in [4.69, 9.17) is 5.11 Å². The van der Waals surface area contributed by atoms with E-state index in [0.717, 1.165) is 0 Å². The van der Waals surface area contributed by atoms with Crippen LogP contribution in [0.25, 0.3) is 0 Å². The van der Waals surface area contributed by atoms with E-state index in [0.29, 0.717) is 6.42 Å². The fourth-order valence-electron chi connectivity index (χ4n) is 0.151. The maximum atomic E-state index is 9.83. The standard InChI is InChI=1S/C5H8O2.Li.H/c1-3-4(2)5(6)7;;/h2-3H2,1H3,(H,6,7);;. The summed E-state index contributed by atoms with van der Waals surface area (Å²) < 4.78 is 0. The Hall–Kier alpha value is -0.193. The normalized spacial score (nSPS) is 7.12. The molecule has 42 valence electrons. The Morgan fingerprint density at radius 2 is 2.12 bits per heavy atom. The molecule has 0 rings (SSSR count). The summed E-state index contributed by atoms with van der Waals surface area (Å²) in [6.07, 6.45) is 0.523. The topological polar surface area (TPSA) is 37.3 Å². The van der Waals surface area contributed by atoms with Gasteiger partial charge in [-0.1, -0.05) is 13.5 Å². The van der Waals surface area contributed by atoms with Crippen molar-refractivity contribution in [2.75, 3.05) is 0 Å². The van der Waals surface area contributed by atoms with Crippen molar-refractivity contribution in [2.45, 2.75) is 13.3 Å². The summed E-state index contributed by atoms with van der Waals surface area (Å²) in [7, 11) is 0. The summed E-state index contributed by atoms with van der Waals surface area (Å²) >= 11 is 0. The van der Waals surface area contributed by atoms with Crippen LogP contribution in [0.5, 0.6) is 0 Å². The fraction of sp³-hybridized carbons (Fsp3) is 0.400. The molecule has 0 aliphatic heterocycles. The molecule has 0 radical (unpaired) electrons. The fourth-order valence-corrected chi connectivity index (χ4v) is 0.151. The average Bonchev–Trinajstić information content (AvgIpc) is 1.65. The van der Waals surface area contributed by atoms with Crippen LogP contribution in [0, 0.1) is 0 Å². The summed E-state index contributed by atoms with van der Waals surface area (Å²) in [5.41, 5.74) is 0.264. The van der Waals surface area contributed by atoms with Crippen LogP contribution in [-0.2, 0) is 4.79 Å². The second-order valence-electron chi connectivity index (χ2n) is 1.26. The molecule has 0 atom stereocenters. The number of rotatable bonds is 2. The van der Waals surface area contributed by atoms with Crippen molar-refractivity contribution in [1.82, 2.24) is 0 Å². The van der Waals surface area contributed by atoms with Gasteiger partial charge in [-0.15, -0.1) is 0 Å². The van der Waals surface area contributed by atoms with Gasteiger partial charge in [0.25, 0.3) is 0 Å². The molecule has 0 aromatic rings. The number of hydrogen-bond acceptors (Lipinski definition) is 1. The minimum atomic E-state index is -0.900. The Morgan fingerprint density at radius 3 is 2.12 bits per heavy atom. The van der Waals surface area contributed by atoms with E-state index in [1.807, 2.05) is 0 Å². The number of hydrogen-bond donors (Lipinski definition) is 1. The average molecular weight is 108 g/mol. The zero-order valence-electron chi connectivity index (χ0n) is 4.27. The molecule has 0 saturated carbocycles. The van der Waals surface area contributed by atoms with Gasteiger partial charge in [-0.25, -0.2) is 4.79 Å². The zero-order chi connectivity index (χ0) is 5.86. The zero-order valence-corrected chi connectivity index (χ0v) is 4.27. The van der Waals surface area contributed by atoms with Gasteiger partial charge >= 0.3 is 24.8 Å². The molecule has 0 heterocycles. The molecule has 8 heavy (non-hydrogen) atoms. The van der Waals surface area contributed by atoms with Crippen LogP contribution in [0.2, 0.25) is 0 Å². The first-order valence-corrected chi connectivity index (χ1v) is 2.09. The molecule has 0 amide bonds. The third kappa shape index (κ3) is 3.98. The molecular weight excluding hydrogens is 99.0 g/mol. The van der Waals surface area contributed by atoms with Crippen LogP contribution in [0.3, 0.4) is 0 Å². The molecule has 1 N–H and O–H groups in total. The molecule has 3 heteroatoms. The first kappa shape index (κ1) is 10.7. The number of aliphatic carboxylic acids is 1. The Labute approximate surface area is 60.8 Å². The number of carboxylic acid groups (broad SMARTS) is 1. The van der Waals surface area contributed by atoms with Crippen LogP contribution in [0.15, 0.2) is 12.2 Å². The molecule has 0 bridgehead atoms. The molecule has 0 aliphatic carbocycles. The monoisotopic (exact) mass is 108 g/mol. The van der Waals surface area contributed by atoms with E-state index in [1.165, 1.54) is 0 Å². The molecule has 0 fully saturated rings. The summed E-state index contributed by atoms with van der Waals surface area (Å²) in [6.45, 7) is 5.03. The molecule has 0 unspecified atom stereocenters. The van der Waals surface area contributed by atoms with Crippen molar-refractivity contribution in [3.8, 4) is 0 Å². The molecule has 0 aliphatic rings. The molecule has 2 nitrogen and oxygen atoms in total. The quantitative estimate of drug-likeness (QED) is 0.410. The molecule has 0 spiro atoms. The third-order valence-corrected chi connectivity index (χ3v) is 0.729. The Kier molecular flexibility index (Phi) is 6.64. The number of carbonyl (C=O) groups is 1. The molecule has 0 aromatic heterocycles. The van der Waals surface area contributed by atoms with E-state index in [9.17, 15) is 4.79 Å². The van der Waals surface area contributed by atoms with Crippen LogP contribution in [-0.4, -0.2) is 29.9 Å². The maximum absolute atomic E-state index is 9.83. The van der Waals surface area contributed by atoms with Gasteiger partial charge in [-0.05, 0) is 6.42 Å². The van der Waals surface area contributed by atoms with Crippen molar-refractivity contribution in [2.24, 2.45) is 0 Å². The van der Waals surface area contributed by atoms with E-state index in [1.54, 1.807) is 6.92 Å². The van der Waals surface area contributed by atoms with Crippen LogP contribution < -0.4 is 0 Å². The minimum absolute atomic E-state index is 0. The van der Waals surface area contributed by atoms with E-state index < -0.39 is 5.97 Å². The summed E-state index contributed by atoms with van der Waals surface area (Å²) in [4.78, 5) is 9.83. The molecule has 0 aromatic carbocycles. The first-order valence-electron chi connectivity index (χ1n) is 2.09. The van der Waals surface area contributed by atoms with E-state index >= 15 is 0 Å². The second kappa shape index (κ2) is 4.95. The SMILES string of the molecule is C=C(CC)C(=O)O.[LiH]. The van der Waals surface area contributed by atoms with Crippen molar-refractivity contribution in [3.05, 3.63) is 12.2 Å². The van der Waals surface area contributed by atoms with Gasteiger partial charge in [0.2, 0.25) is 0 Å². The van der Waals surface area contributed by atoms with E-state index in [-0.39, 0.29) is 24.4 Å². The summed E-state index contributed by atoms with van der Waals surface area (Å²) in [5, 5.41) is 8.08. The first-order chi connectivity index (χ1) is 3.18. The van der Waals surface area contributed by atoms with Crippen molar-refractivity contribution in [3.63, 3.8) is 0 Å². The van der Waals surface area contributed by atoms with Gasteiger partial charge in [0.15, 0.2) is 0 Å². The van der Waals surface area contributed by atoms with Gasteiger partial charge in [-0.2, -0.15) is 0 Å². The molecular formula is C5H9LiO2.